The zero-order chi connectivity index (χ0) is 29.6. The number of carbonyl (C=O) groups excluding carboxylic acids is 2. The van der Waals surface area contributed by atoms with Crippen molar-refractivity contribution in [3.8, 4) is 22.8 Å². The summed E-state index contributed by atoms with van der Waals surface area (Å²) in [5, 5.41) is 6.12. The number of hydrogen-bond donors (Lipinski definition) is 1. The maximum atomic E-state index is 13.8. The van der Waals surface area contributed by atoms with Gasteiger partial charge in [-0.05, 0) is 45.9 Å². The number of aromatic nitrogens is 3. The van der Waals surface area contributed by atoms with E-state index in [1.54, 1.807) is 44.1 Å². The summed E-state index contributed by atoms with van der Waals surface area (Å²) in [4.78, 5) is 42.7. The van der Waals surface area contributed by atoms with Crippen molar-refractivity contribution in [2.75, 3.05) is 25.3 Å². The Morgan fingerprint density at radius 3 is 2.34 bits per heavy atom. The molecule has 0 bridgehead atoms. The van der Waals surface area contributed by atoms with Crippen molar-refractivity contribution in [3.63, 3.8) is 0 Å². The predicted octanol–water partition coefficient (Wildman–Crippen LogP) is 5.77. The van der Waals surface area contributed by atoms with Crippen LogP contribution in [0.5, 0.6) is 11.5 Å². The van der Waals surface area contributed by atoms with Crippen LogP contribution in [0, 0.1) is 13.8 Å². The zero-order valence-electron chi connectivity index (χ0n) is 23.9. The van der Waals surface area contributed by atoms with E-state index in [9.17, 15) is 9.59 Å². The highest BCUT2D eigenvalue weighted by Crippen LogP contribution is 2.32. The molecule has 4 aromatic rings. The largest absolute Gasteiger partial charge is 0.497 e. The summed E-state index contributed by atoms with van der Waals surface area (Å²) in [5.41, 5.74) is 2.69. The molecule has 214 valence electrons. The molecule has 2 aromatic heterocycles. The summed E-state index contributed by atoms with van der Waals surface area (Å²) >= 11 is 2.69. The molecule has 2 aromatic carbocycles. The summed E-state index contributed by atoms with van der Waals surface area (Å²) in [6.45, 7) is 7.38. The number of nitrogens with zero attached hydrogens (tertiary/aromatic N) is 4. The average molecular weight is 592 g/mol. The topological polar surface area (TPSA) is 107 Å². The van der Waals surface area contributed by atoms with Crippen LogP contribution >= 0.6 is 23.1 Å². The lowest BCUT2D eigenvalue weighted by atomic mass is 10.0. The summed E-state index contributed by atoms with van der Waals surface area (Å²) in [5.74, 6) is 0.487. The summed E-state index contributed by atoms with van der Waals surface area (Å²) in [6, 6.07) is 16.8. The van der Waals surface area contributed by atoms with Crippen LogP contribution in [0.3, 0.4) is 0 Å². The molecule has 41 heavy (non-hydrogen) atoms. The highest BCUT2D eigenvalue weighted by Gasteiger charge is 2.39. The van der Waals surface area contributed by atoms with Gasteiger partial charge in [-0.3, -0.25) is 9.59 Å². The van der Waals surface area contributed by atoms with Crippen LogP contribution in [-0.2, 0) is 16.1 Å². The normalized spacial score (nSPS) is 11.2. The molecule has 0 saturated heterocycles. The summed E-state index contributed by atoms with van der Waals surface area (Å²) in [6.07, 6.45) is 0. The molecule has 2 heterocycles. The van der Waals surface area contributed by atoms with Crippen molar-refractivity contribution in [2.24, 2.45) is 0 Å². The number of hydrogen-bond acceptors (Lipinski definition) is 9. The van der Waals surface area contributed by atoms with Gasteiger partial charge in [-0.15, -0.1) is 11.3 Å². The van der Waals surface area contributed by atoms with Gasteiger partial charge >= 0.3 is 0 Å². The average Bonchev–Trinajstić information content (AvgIpc) is 3.43. The number of thioether (sulfide) groups is 1. The van der Waals surface area contributed by atoms with Crippen LogP contribution in [0.2, 0.25) is 0 Å². The first kappa shape index (κ1) is 30.0. The Morgan fingerprint density at radius 1 is 0.976 bits per heavy atom. The zero-order valence-corrected chi connectivity index (χ0v) is 25.6. The molecule has 0 radical (unpaired) electrons. The van der Waals surface area contributed by atoms with Gasteiger partial charge in [0.25, 0.3) is 0 Å². The second kappa shape index (κ2) is 13.1. The lowest BCUT2D eigenvalue weighted by Gasteiger charge is -2.37. The number of anilines is 1. The molecule has 0 atom stereocenters. The number of methoxy groups -OCH3 is 2. The minimum Gasteiger partial charge on any atom is -0.497 e. The summed E-state index contributed by atoms with van der Waals surface area (Å²) in [7, 11) is 3.08. The number of carbonyl (C=O) groups is 2. The molecule has 4 rings (SSSR count). The van der Waals surface area contributed by atoms with Crippen LogP contribution in [-0.4, -0.2) is 57.2 Å². The molecule has 0 saturated carbocycles. The van der Waals surface area contributed by atoms with E-state index in [2.05, 4.69) is 15.3 Å². The second-order valence-electron chi connectivity index (χ2n) is 9.77. The molecule has 0 aliphatic rings. The highest BCUT2D eigenvalue weighted by atomic mass is 32.2. The number of benzene rings is 2. The Bertz CT molecular complexity index is 1500. The fraction of sp³-hybridized carbons (Fsp3) is 0.300. The number of aryl methyl sites for hydroxylation is 2. The van der Waals surface area contributed by atoms with E-state index in [0.717, 1.165) is 22.6 Å². The van der Waals surface area contributed by atoms with Crippen LogP contribution < -0.4 is 14.8 Å². The van der Waals surface area contributed by atoms with Gasteiger partial charge in [-0.1, -0.05) is 42.1 Å². The van der Waals surface area contributed by atoms with E-state index >= 15 is 0 Å². The molecule has 0 aliphatic heterocycles. The quantitative estimate of drug-likeness (QED) is 0.173. The van der Waals surface area contributed by atoms with Gasteiger partial charge in [0.05, 0.1) is 37.9 Å². The van der Waals surface area contributed by atoms with Crippen molar-refractivity contribution in [1.29, 1.82) is 0 Å². The molecule has 0 unspecified atom stereocenters. The first-order valence-electron chi connectivity index (χ1n) is 12.9. The molecular formula is C30H33N5O4S2. The number of thiazole rings is 1. The lowest BCUT2D eigenvalue weighted by molar-refractivity contribution is -0.142. The highest BCUT2D eigenvalue weighted by molar-refractivity contribution is 7.99. The summed E-state index contributed by atoms with van der Waals surface area (Å²) < 4.78 is 10.7. The first-order chi connectivity index (χ1) is 19.6. The van der Waals surface area contributed by atoms with E-state index in [1.807, 2.05) is 55.6 Å². The Morgan fingerprint density at radius 2 is 1.68 bits per heavy atom. The smallest absolute Gasteiger partial charge is 0.249 e. The Labute approximate surface area is 248 Å². The van der Waals surface area contributed by atoms with Gasteiger partial charge < -0.3 is 19.7 Å². The Balaban J connectivity index is 1.60. The van der Waals surface area contributed by atoms with Crippen molar-refractivity contribution in [3.05, 3.63) is 76.4 Å². The SMILES string of the molecule is COc1ccc(NC(=O)C(C)(C)N(Cc2nc(-c3ccccc3)cs2)C(=O)CSc2nc(C)cc(C)n2)c(OC)c1. The molecule has 9 nitrogen and oxygen atoms in total. The van der Waals surface area contributed by atoms with E-state index in [1.165, 1.54) is 30.2 Å². The van der Waals surface area contributed by atoms with Crippen molar-refractivity contribution < 1.29 is 19.1 Å². The van der Waals surface area contributed by atoms with Gasteiger partial charge in [0.15, 0.2) is 5.16 Å². The van der Waals surface area contributed by atoms with E-state index in [-0.39, 0.29) is 24.1 Å². The molecule has 1 N–H and O–H groups in total. The molecule has 0 fully saturated rings. The van der Waals surface area contributed by atoms with Crippen molar-refractivity contribution in [2.45, 2.75) is 44.9 Å². The number of ether oxygens (including phenoxy) is 2. The van der Waals surface area contributed by atoms with E-state index < -0.39 is 5.54 Å². The minimum absolute atomic E-state index is 0.0579. The third kappa shape index (κ3) is 7.42. The monoisotopic (exact) mass is 591 g/mol. The van der Waals surface area contributed by atoms with Gasteiger partial charge in [-0.2, -0.15) is 0 Å². The van der Waals surface area contributed by atoms with Crippen LogP contribution in [0.25, 0.3) is 11.3 Å². The predicted molar refractivity (Wildman–Crippen MR) is 163 cm³/mol. The standard InChI is InChI=1S/C30H33N5O4S2/c1-19-14-20(2)32-29(31-19)41-18-27(36)35(16-26-33-24(17-40-26)21-10-8-7-9-11-21)30(3,4)28(37)34-23-13-12-22(38-5)15-25(23)39-6/h7-15,17H,16,18H2,1-6H3,(H,34,37). The maximum Gasteiger partial charge on any atom is 0.249 e. The first-order valence-corrected chi connectivity index (χ1v) is 14.8. The fourth-order valence-corrected chi connectivity index (χ4v) is 5.74. The van der Waals surface area contributed by atoms with Gasteiger partial charge in [-0.25, -0.2) is 15.0 Å². The Hall–Kier alpha value is -3.96. The fourth-order valence-electron chi connectivity index (χ4n) is 4.12. The molecule has 0 aliphatic carbocycles. The van der Waals surface area contributed by atoms with Crippen LogP contribution in [0.4, 0.5) is 5.69 Å². The minimum atomic E-state index is -1.25. The Kier molecular flexibility index (Phi) is 9.61. The number of rotatable bonds is 11. The molecule has 0 spiro atoms. The molecular weight excluding hydrogens is 558 g/mol. The third-order valence-corrected chi connectivity index (χ3v) is 8.06. The molecule has 2 amide bonds. The van der Waals surface area contributed by atoms with Gasteiger partial charge in [0.1, 0.15) is 22.0 Å². The van der Waals surface area contributed by atoms with Gasteiger partial charge in [0.2, 0.25) is 11.8 Å². The number of nitrogens with one attached hydrogen (secondary N) is 1. The van der Waals surface area contributed by atoms with E-state index in [4.69, 9.17) is 14.5 Å². The van der Waals surface area contributed by atoms with Crippen molar-refractivity contribution in [1.82, 2.24) is 19.9 Å². The van der Waals surface area contributed by atoms with Crippen LogP contribution in [0.15, 0.2) is 65.1 Å². The van der Waals surface area contributed by atoms with Crippen molar-refractivity contribution >= 4 is 40.6 Å². The van der Waals surface area contributed by atoms with Gasteiger partial charge in [0, 0.05) is 28.4 Å². The number of amides is 2. The van der Waals surface area contributed by atoms with E-state index in [0.29, 0.717) is 27.4 Å². The lowest BCUT2D eigenvalue weighted by Crippen LogP contribution is -2.55. The maximum absolute atomic E-state index is 13.8. The molecule has 11 heteroatoms. The van der Waals surface area contributed by atoms with Crippen LogP contribution in [0.1, 0.15) is 30.2 Å². The second-order valence-corrected chi connectivity index (χ2v) is 11.7. The third-order valence-electron chi connectivity index (χ3n) is 6.39.